The van der Waals surface area contributed by atoms with Crippen LogP contribution in [0, 0.1) is 0 Å². The van der Waals surface area contributed by atoms with Crippen LogP contribution in [0.4, 0.5) is 0 Å². The molecular weight excluding hydrogens is 536 g/mol. The third-order valence-corrected chi connectivity index (χ3v) is 7.43. The Morgan fingerprint density at radius 2 is 1.19 bits per heavy atom. The lowest BCUT2D eigenvalue weighted by molar-refractivity contribution is -0.119. The molecule has 0 bridgehead atoms. The molecule has 2 N–H and O–H groups in total. The van der Waals surface area contributed by atoms with E-state index in [1.165, 1.54) is 18.1 Å². The van der Waals surface area contributed by atoms with Crippen LogP contribution in [0.5, 0.6) is 11.5 Å². The van der Waals surface area contributed by atoms with Crippen molar-refractivity contribution in [2.75, 3.05) is 26.3 Å². The maximum Gasteiger partial charge on any atom is 0.216 e. The van der Waals surface area contributed by atoms with E-state index >= 15 is 0 Å². The van der Waals surface area contributed by atoms with Gasteiger partial charge in [0.1, 0.15) is 11.5 Å². The maximum atomic E-state index is 11.5. The lowest BCUT2D eigenvalue weighted by Gasteiger charge is -2.14. The minimum Gasteiger partial charge on any atom is -0.493 e. The first-order chi connectivity index (χ1) is 21.0. The van der Waals surface area contributed by atoms with Crippen molar-refractivity contribution < 1.29 is 19.1 Å². The van der Waals surface area contributed by atoms with Crippen LogP contribution in [-0.4, -0.2) is 38.1 Å². The lowest BCUT2D eigenvalue weighted by atomic mass is 9.95. The van der Waals surface area contributed by atoms with Gasteiger partial charge in [0, 0.05) is 33.4 Å². The van der Waals surface area contributed by atoms with Gasteiger partial charge in [-0.1, -0.05) is 66.7 Å². The molecule has 0 aromatic heterocycles. The average molecular weight is 575 g/mol. The fourth-order valence-electron chi connectivity index (χ4n) is 5.32. The van der Waals surface area contributed by atoms with E-state index in [9.17, 15) is 9.59 Å². The van der Waals surface area contributed by atoms with E-state index < -0.39 is 0 Å². The van der Waals surface area contributed by atoms with Crippen molar-refractivity contribution in [2.45, 2.75) is 33.1 Å². The Balaban J connectivity index is 1.21. The molecule has 0 spiro atoms. The minimum absolute atomic E-state index is 0.0187. The number of nitrogens with one attached hydrogen (secondary N) is 2. The lowest BCUT2D eigenvalue weighted by Crippen LogP contribution is -2.22. The summed E-state index contributed by atoms with van der Waals surface area (Å²) in [5, 5.41) is 10.4. The minimum atomic E-state index is -0.0270. The van der Waals surface area contributed by atoms with E-state index in [0.29, 0.717) is 26.3 Å². The zero-order chi connectivity index (χ0) is 30.0. The summed E-state index contributed by atoms with van der Waals surface area (Å²) in [6.45, 7) is 5.34. The summed E-state index contributed by atoms with van der Waals surface area (Å²) >= 11 is 0. The van der Waals surface area contributed by atoms with Crippen LogP contribution in [0.15, 0.2) is 97.1 Å². The molecule has 0 saturated heterocycles. The highest BCUT2D eigenvalue weighted by Gasteiger charge is 2.09. The summed E-state index contributed by atoms with van der Waals surface area (Å²) < 4.78 is 12.2. The molecule has 43 heavy (non-hydrogen) atoms. The van der Waals surface area contributed by atoms with E-state index in [4.69, 9.17) is 9.47 Å². The smallest absolute Gasteiger partial charge is 0.216 e. The van der Waals surface area contributed by atoms with E-state index in [0.717, 1.165) is 63.4 Å². The SMILES string of the molecule is CC(=O)NCCc1cccc2ccc(OCCCOc3ccc4cc(-c5ccccc5)cc(CCNC(C)=O)c4c3)cc12. The molecule has 5 rings (SSSR count). The van der Waals surface area contributed by atoms with Crippen LogP contribution in [0.3, 0.4) is 0 Å². The van der Waals surface area contributed by atoms with Crippen LogP contribution in [-0.2, 0) is 22.4 Å². The van der Waals surface area contributed by atoms with Crippen molar-refractivity contribution >= 4 is 33.4 Å². The van der Waals surface area contributed by atoms with E-state index in [2.05, 4.69) is 71.3 Å². The number of fused-ring (bicyclic) bond motifs is 2. The molecule has 0 saturated carbocycles. The number of amides is 2. The molecule has 0 heterocycles. The Kier molecular flexibility index (Phi) is 9.90. The van der Waals surface area contributed by atoms with Gasteiger partial charge in [-0.3, -0.25) is 9.59 Å². The van der Waals surface area contributed by atoms with Crippen molar-refractivity contribution in [3.05, 3.63) is 108 Å². The summed E-state index contributed by atoms with van der Waals surface area (Å²) in [5.74, 6) is 1.59. The van der Waals surface area contributed by atoms with Crippen molar-refractivity contribution in [3.8, 4) is 22.6 Å². The molecule has 5 aromatic carbocycles. The highest BCUT2D eigenvalue weighted by Crippen LogP contribution is 2.31. The van der Waals surface area contributed by atoms with Gasteiger partial charge in [0.15, 0.2) is 0 Å². The quantitative estimate of drug-likeness (QED) is 0.151. The number of benzene rings is 5. The second-order valence-corrected chi connectivity index (χ2v) is 10.7. The van der Waals surface area contributed by atoms with Crippen molar-refractivity contribution in [2.24, 2.45) is 0 Å². The number of carbonyl (C=O) groups excluding carboxylic acids is 2. The normalized spacial score (nSPS) is 10.9. The van der Waals surface area contributed by atoms with Crippen LogP contribution < -0.4 is 20.1 Å². The molecular formula is C37H38N2O4. The van der Waals surface area contributed by atoms with Crippen molar-refractivity contribution in [1.82, 2.24) is 10.6 Å². The second kappa shape index (κ2) is 14.4. The second-order valence-electron chi connectivity index (χ2n) is 10.7. The zero-order valence-corrected chi connectivity index (χ0v) is 24.8. The topological polar surface area (TPSA) is 76.7 Å². The highest BCUT2D eigenvalue weighted by molar-refractivity contribution is 5.91. The number of carbonyl (C=O) groups is 2. The van der Waals surface area contributed by atoms with E-state index in [1.54, 1.807) is 6.92 Å². The van der Waals surface area contributed by atoms with Gasteiger partial charge in [-0.25, -0.2) is 0 Å². The molecule has 0 aliphatic carbocycles. The van der Waals surface area contributed by atoms with Gasteiger partial charge in [0.05, 0.1) is 13.2 Å². The predicted octanol–water partition coefficient (Wildman–Crippen LogP) is 6.87. The Morgan fingerprint density at radius 1 is 0.581 bits per heavy atom. The van der Waals surface area contributed by atoms with Gasteiger partial charge in [-0.2, -0.15) is 0 Å². The van der Waals surface area contributed by atoms with Gasteiger partial charge < -0.3 is 20.1 Å². The fraction of sp³-hybridized carbons (Fsp3) is 0.243. The Morgan fingerprint density at radius 3 is 1.84 bits per heavy atom. The third kappa shape index (κ3) is 8.13. The molecule has 6 heteroatoms. The molecule has 0 fully saturated rings. The van der Waals surface area contributed by atoms with Crippen LogP contribution in [0.25, 0.3) is 32.7 Å². The van der Waals surface area contributed by atoms with Crippen molar-refractivity contribution in [3.63, 3.8) is 0 Å². The molecule has 0 radical (unpaired) electrons. The van der Waals surface area contributed by atoms with Gasteiger partial charge in [-0.15, -0.1) is 0 Å². The standard InChI is InChI=1S/C37H38N2O4/c1-26(40)38-18-16-30-11-6-10-29-12-14-34(24-36(29)30)42-20-7-21-43-35-15-13-31-22-33(28-8-4-3-5-9-28)23-32(37(31)25-35)17-19-39-27(2)41/h3-6,8-15,22-25H,7,16-21H2,1-2H3,(H,38,40)(H,39,41). The summed E-state index contributed by atoms with van der Waals surface area (Å²) in [7, 11) is 0. The largest absolute Gasteiger partial charge is 0.493 e. The molecule has 0 atom stereocenters. The molecule has 0 unspecified atom stereocenters. The zero-order valence-electron chi connectivity index (χ0n) is 24.8. The summed E-state index contributed by atoms with van der Waals surface area (Å²) in [5.41, 5.74) is 4.68. The monoisotopic (exact) mass is 574 g/mol. The summed E-state index contributed by atoms with van der Waals surface area (Å²) in [6, 6.07) is 33.4. The maximum absolute atomic E-state index is 11.5. The number of hydrogen-bond donors (Lipinski definition) is 2. The van der Waals surface area contributed by atoms with Crippen LogP contribution in [0.2, 0.25) is 0 Å². The van der Waals surface area contributed by atoms with Gasteiger partial charge in [0.2, 0.25) is 11.8 Å². The van der Waals surface area contributed by atoms with E-state index in [-0.39, 0.29) is 11.8 Å². The molecule has 5 aromatic rings. The summed E-state index contributed by atoms with van der Waals surface area (Å²) in [6.07, 6.45) is 2.24. The van der Waals surface area contributed by atoms with Gasteiger partial charge in [0.25, 0.3) is 0 Å². The number of hydrogen-bond acceptors (Lipinski definition) is 4. The average Bonchev–Trinajstić information content (AvgIpc) is 3.01. The van der Waals surface area contributed by atoms with Crippen LogP contribution >= 0.6 is 0 Å². The Hall–Kier alpha value is -4.84. The fourth-order valence-corrected chi connectivity index (χ4v) is 5.32. The predicted molar refractivity (Wildman–Crippen MR) is 174 cm³/mol. The highest BCUT2D eigenvalue weighted by atomic mass is 16.5. The van der Waals surface area contributed by atoms with Gasteiger partial charge in [-0.05, 0) is 87.0 Å². The summed E-state index contributed by atoms with van der Waals surface area (Å²) in [4.78, 5) is 22.7. The Bertz CT molecular complexity index is 1720. The molecule has 6 nitrogen and oxygen atoms in total. The molecule has 2 amide bonds. The van der Waals surface area contributed by atoms with Crippen molar-refractivity contribution in [1.29, 1.82) is 0 Å². The van der Waals surface area contributed by atoms with Crippen LogP contribution in [0.1, 0.15) is 31.4 Å². The number of ether oxygens (including phenoxy) is 2. The first-order valence-electron chi connectivity index (χ1n) is 14.8. The molecule has 0 aliphatic rings. The molecule has 0 aliphatic heterocycles. The number of rotatable bonds is 13. The molecule has 220 valence electrons. The first kappa shape index (κ1) is 29.6. The van der Waals surface area contributed by atoms with E-state index in [1.807, 2.05) is 36.4 Å². The van der Waals surface area contributed by atoms with Gasteiger partial charge >= 0.3 is 0 Å². The first-order valence-corrected chi connectivity index (χ1v) is 14.8. The third-order valence-electron chi connectivity index (χ3n) is 7.43. The Labute approximate surface area is 253 Å².